The molecule has 0 aliphatic carbocycles. The van der Waals surface area contributed by atoms with Crippen LogP contribution < -0.4 is 15.0 Å². The summed E-state index contributed by atoms with van der Waals surface area (Å²) in [6.07, 6.45) is 4.65. The Morgan fingerprint density at radius 2 is 2.07 bits per heavy atom. The zero-order valence-corrected chi connectivity index (χ0v) is 17.9. The molecule has 30 heavy (non-hydrogen) atoms. The van der Waals surface area contributed by atoms with E-state index in [0.29, 0.717) is 13.1 Å². The average Bonchev–Trinajstić information content (AvgIpc) is 3.15. The third-order valence-corrected chi connectivity index (χ3v) is 5.71. The van der Waals surface area contributed by atoms with Gasteiger partial charge < -0.3 is 19.9 Å². The minimum absolute atomic E-state index is 0.0359. The van der Waals surface area contributed by atoms with Crippen LogP contribution in [0.25, 0.3) is 10.9 Å². The number of aryl methyl sites for hydroxylation is 2. The molecule has 2 aromatic heterocycles. The number of anilines is 1. The molecule has 0 radical (unpaired) electrons. The number of hydrogen-bond acceptors (Lipinski definition) is 5. The summed E-state index contributed by atoms with van der Waals surface area (Å²) >= 11 is 0. The molecule has 1 aliphatic rings. The minimum atomic E-state index is -0.0359. The molecular weight excluding hydrogens is 378 g/mol. The van der Waals surface area contributed by atoms with Crippen LogP contribution in [0.2, 0.25) is 0 Å². The van der Waals surface area contributed by atoms with Gasteiger partial charge in [-0.15, -0.1) is 0 Å². The number of nitrogens with zero attached hydrogens (tertiary/aromatic N) is 3. The Hall–Kier alpha value is -3.09. The summed E-state index contributed by atoms with van der Waals surface area (Å²) in [6.45, 7) is 6.13. The number of hydrogen-bond donors (Lipinski definition) is 2. The number of H-pyrrole nitrogens is 1. The second kappa shape index (κ2) is 8.73. The fraction of sp³-hybridized carbons (Fsp3) is 0.435. The van der Waals surface area contributed by atoms with Crippen LogP contribution in [-0.2, 0) is 11.2 Å². The van der Waals surface area contributed by atoms with Crippen LogP contribution in [0, 0.1) is 19.8 Å². The Labute approximate surface area is 176 Å². The predicted octanol–water partition coefficient (Wildman–Crippen LogP) is 3.16. The van der Waals surface area contributed by atoms with Crippen LogP contribution >= 0.6 is 0 Å². The van der Waals surface area contributed by atoms with E-state index in [1.165, 1.54) is 5.56 Å². The fourth-order valence-electron chi connectivity index (χ4n) is 4.18. The van der Waals surface area contributed by atoms with Gasteiger partial charge in [0.25, 0.3) is 0 Å². The van der Waals surface area contributed by atoms with E-state index >= 15 is 0 Å². The third-order valence-electron chi connectivity index (χ3n) is 5.71. The summed E-state index contributed by atoms with van der Waals surface area (Å²) in [5, 5.41) is 4.27. The molecule has 3 heterocycles. The molecule has 1 atom stereocenters. The Balaban J connectivity index is 1.35. The van der Waals surface area contributed by atoms with Crippen molar-refractivity contribution < 1.29 is 9.53 Å². The SMILES string of the molecule is COc1ccc2[nH]cc(CCNC(=O)[C@@H]3CCCN(c4nc(C)cc(C)n4)C3)c2c1. The molecule has 0 bridgehead atoms. The van der Waals surface area contributed by atoms with Crippen LogP contribution in [0.3, 0.4) is 0 Å². The van der Waals surface area contributed by atoms with Crippen molar-refractivity contribution in [3.63, 3.8) is 0 Å². The van der Waals surface area contributed by atoms with Crippen molar-refractivity contribution in [2.45, 2.75) is 33.1 Å². The van der Waals surface area contributed by atoms with E-state index in [1.807, 2.05) is 44.3 Å². The number of methoxy groups -OCH3 is 1. The molecule has 1 aromatic carbocycles. The number of aromatic amines is 1. The highest BCUT2D eigenvalue weighted by Gasteiger charge is 2.27. The summed E-state index contributed by atoms with van der Waals surface area (Å²) in [4.78, 5) is 27.3. The van der Waals surface area contributed by atoms with Gasteiger partial charge in [0.1, 0.15) is 5.75 Å². The molecule has 0 saturated carbocycles. The van der Waals surface area contributed by atoms with Crippen LogP contribution in [-0.4, -0.2) is 47.6 Å². The third kappa shape index (κ3) is 4.40. The van der Waals surface area contributed by atoms with Gasteiger partial charge in [-0.2, -0.15) is 0 Å². The molecule has 1 amide bonds. The summed E-state index contributed by atoms with van der Waals surface area (Å²) in [5.74, 6) is 1.65. The molecule has 3 aromatic rings. The Kier molecular flexibility index (Phi) is 5.88. The highest BCUT2D eigenvalue weighted by atomic mass is 16.5. The van der Waals surface area contributed by atoms with E-state index in [4.69, 9.17) is 4.74 Å². The topological polar surface area (TPSA) is 83.1 Å². The number of rotatable bonds is 6. The van der Waals surface area contributed by atoms with Gasteiger partial charge in [-0.25, -0.2) is 9.97 Å². The van der Waals surface area contributed by atoms with Gasteiger partial charge in [-0.1, -0.05) is 0 Å². The number of carbonyl (C=O) groups is 1. The molecule has 4 rings (SSSR count). The Bertz CT molecular complexity index is 1020. The van der Waals surface area contributed by atoms with Crippen LogP contribution in [0.1, 0.15) is 29.8 Å². The Morgan fingerprint density at radius 1 is 1.27 bits per heavy atom. The van der Waals surface area contributed by atoms with E-state index in [1.54, 1.807) is 7.11 Å². The van der Waals surface area contributed by atoms with E-state index in [9.17, 15) is 4.79 Å². The van der Waals surface area contributed by atoms with Gasteiger partial charge in [-0.05, 0) is 62.9 Å². The summed E-state index contributed by atoms with van der Waals surface area (Å²) < 4.78 is 5.33. The van der Waals surface area contributed by atoms with Crippen molar-refractivity contribution in [1.29, 1.82) is 0 Å². The predicted molar refractivity (Wildman–Crippen MR) is 118 cm³/mol. The minimum Gasteiger partial charge on any atom is -0.497 e. The number of benzene rings is 1. The molecule has 1 fully saturated rings. The maximum absolute atomic E-state index is 12.8. The van der Waals surface area contributed by atoms with Crippen LogP contribution in [0.4, 0.5) is 5.95 Å². The molecule has 7 heteroatoms. The van der Waals surface area contributed by atoms with Crippen LogP contribution in [0.5, 0.6) is 5.75 Å². The first kappa shape index (κ1) is 20.2. The first-order valence-electron chi connectivity index (χ1n) is 10.5. The number of nitrogens with one attached hydrogen (secondary N) is 2. The number of amides is 1. The van der Waals surface area contributed by atoms with Gasteiger partial charge in [0.2, 0.25) is 11.9 Å². The number of aromatic nitrogens is 3. The van der Waals surface area contributed by atoms with E-state index in [2.05, 4.69) is 25.2 Å². The lowest BCUT2D eigenvalue weighted by atomic mass is 9.97. The number of fused-ring (bicyclic) bond motifs is 1. The lowest BCUT2D eigenvalue weighted by molar-refractivity contribution is -0.125. The van der Waals surface area contributed by atoms with Gasteiger partial charge >= 0.3 is 0 Å². The lowest BCUT2D eigenvalue weighted by Gasteiger charge is -2.32. The lowest BCUT2D eigenvalue weighted by Crippen LogP contribution is -2.44. The molecular formula is C23H29N5O2. The van der Waals surface area contributed by atoms with Crippen molar-refractivity contribution in [3.8, 4) is 5.75 Å². The zero-order chi connectivity index (χ0) is 21.1. The standard InChI is InChI=1S/C23H29N5O2/c1-15-11-16(2)27-23(26-15)28-10-4-5-18(14-28)22(29)24-9-8-17-13-25-21-7-6-19(30-3)12-20(17)21/h6-7,11-13,18,25H,4-5,8-10,14H2,1-3H3,(H,24,29)/t18-/m1/s1. The molecule has 1 aliphatic heterocycles. The maximum atomic E-state index is 12.8. The summed E-state index contributed by atoms with van der Waals surface area (Å²) in [7, 11) is 1.67. The zero-order valence-electron chi connectivity index (χ0n) is 17.9. The molecule has 0 spiro atoms. The number of piperidine rings is 1. The average molecular weight is 408 g/mol. The number of carbonyl (C=O) groups excluding carboxylic acids is 1. The smallest absolute Gasteiger partial charge is 0.225 e. The first-order valence-corrected chi connectivity index (χ1v) is 10.5. The second-order valence-corrected chi connectivity index (χ2v) is 8.00. The van der Waals surface area contributed by atoms with Crippen molar-refractivity contribution in [2.75, 3.05) is 31.6 Å². The van der Waals surface area contributed by atoms with Gasteiger partial charge in [0.05, 0.1) is 13.0 Å². The highest BCUT2D eigenvalue weighted by molar-refractivity contribution is 5.85. The molecule has 158 valence electrons. The largest absolute Gasteiger partial charge is 0.497 e. The van der Waals surface area contributed by atoms with E-state index < -0.39 is 0 Å². The van der Waals surface area contributed by atoms with Crippen LogP contribution in [0.15, 0.2) is 30.5 Å². The van der Waals surface area contributed by atoms with Crippen molar-refractivity contribution >= 4 is 22.8 Å². The Morgan fingerprint density at radius 3 is 2.83 bits per heavy atom. The molecule has 2 N–H and O–H groups in total. The summed E-state index contributed by atoms with van der Waals surface area (Å²) in [6, 6.07) is 7.96. The summed E-state index contributed by atoms with van der Waals surface area (Å²) in [5.41, 5.74) is 4.17. The molecule has 7 nitrogen and oxygen atoms in total. The number of ether oxygens (including phenoxy) is 1. The highest BCUT2D eigenvalue weighted by Crippen LogP contribution is 2.24. The van der Waals surface area contributed by atoms with Gasteiger partial charge in [0.15, 0.2) is 0 Å². The normalized spacial score (nSPS) is 16.6. The molecule has 1 saturated heterocycles. The second-order valence-electron chi connectivity index (χ2n) is 8.00. The maximum Gasteiger partial charge on any atom is 0.225 e. The quantitative estimate of drug-likeness (QED) is 0.656. The molecule has 0 unspecified atom stereocenters. The van der Waals surface area contributed by atoms with Gasteiger partial charge in [-0.3, -0.25) is 4.79 Å². The first-order chi connectivity index (χ1) is 14.5. The monoisotopic (exact) mass is 407 g/mol. The van der Waals surface area contributed by atoms with E-state index in [-0.39, 0.29) is 11.8 Å². The van der Waals surface area contributed by atoms with Crippen molar-refractivity contribution in [1.82, 2.24) is 20.3 Å². The van der Waals surface area contributed by atoms with Gasteiger partial charge in [0, 0.05) is 48.1 Å². The van der Waals surface area contributed by atoms with Crippen molar-refractivity contribution in [3.05, 3.63) is 47.4 Å². The fourth-order valence-corrected chi connectivity index (χ4v) is 4.18. The van der Waals surface area contributed by atoms with Crippen molar-refractivity contribution in [2.24, 2.45) is 5.92 Å². The van der Waals surface area contributed by atoms with E-state index in [0.717, 1.165) is 59.8 Å².